The van der Waals surface area contributed by atoms with Crippen molar-refractivity contribution in [1.29, 1.82) is 0 Å². The molecule has 1 N–H and O–H groups in total. The van der Waals surface area contributed by atoms with Gasteiger partial charge in [0.15, 0.2) is 0 Å². The van der Waals surface area contributed by atoms with Crippen LogP contribution in [0.25, 0.3) is 0 Å². The molecule has 0 bridgehead atoms. The molecule has 21 heavy (non-hydrogen) atoms. The summed E-state index contributed by atoms with van der Waals surface area (Å²) >= 11 is 3.67. The van der Waals surface area contributed by atoms with Gasteiger partial charge in [0.2, 0.25) is 5.91 Å². The summed E-state index contributed by atoms with van der Waals surface area (Å²) in [7, 11) is 0. The van der Waals surface area contributed by atoms with Crippen molar-refractivity contribution in [3.8, 4) is 0 Å². The molecule has 0 saturated carbocycles. The van der Waals surface area contributed by atoms with Crippen molar-refractivity contribution in [2.75, 3.05) is 24.3 Å². The first-order valence-electron chi connectivity index (χ1n) is 7.43. The minimum absolute atomic E-state index is 0.0232. The van der Waals surface area contributed by atoms with E-state index in [1.54, 1.807) is 11.8 Å². The number of hydrogen-bond donors (Lipinski definition) is 1. The van der Waals surface area contributed by atoms with Crippen LogP contribution in [0.5, 0.6) is 0 Å². The second kappa shape index (κ2) is 8.11. The molecule has 0 spiro atoms. The second-order valence-corrected chi connectivity index (χ2v) is 7.47. The fraction of sp³-hybridized carbons (Fsp3) is 0.562. The smallest absolute Gasteiger partial charge is 0.238 e. The molecule has 1 aromatic carbocycles. The molecular formula is C16H24N2OS2. The van der Waals surface area contributed by atoms with Crippen molar-refractivity contribution >= 4 is 29.4 Å². The molecule has 116 valence electrons. The molecule has 1 fully saturated rings. The van der Waals surface area contributed by atoms with Crippen LogP contribution in [0.4, 0.5) is 0 Å². The van der Waals surface area contributed by atoms with Gasteiger partial charge in [-0.3, -0.25) is 10.1 Å². The van der Waals surface area contributed by atoms with Gasteiger partial charge in [-0.15, -0.1) is 11.8 Å². The van der Waals surface area contributed by atoms with Crippen LogP contribution < -0.4 is 5.32 Å². The van der Waals surface area contributed by atoms with Gasteiger partial charge < -0.3 is 4.90 Å². The van der Waals surface area contributed by atoms with Gasteiger partial charge in [-0.2, -0.15) is 11.8 Å². The van der Waals surface area contributed by atoms with Crippen molar-refractivity contribution < 1.29 is 4.79 Å². The van der Waals surface area contributed by atoms with E-state index in [0.29, 0.717) is 6.54 Å². The molecular weight excluding hydrogens is 300 g/mol. The highest BCUT2D eigenvalue weighted by atomic mass is 32.2. The molecule has 2 rings (SSSR count). The second-order valence-electron chi connectivity index (χ2n) is 5.19. The van der Waals surface area contributed by atoms with Crippen LogP contribution in [0.3, 0.4) is 0 Å². The highest BCUT2D eigenvalue weighted by molar-refractivity contribution is 7.99. The van der Waals surface area contributed by atoms with Crippen LogP contribution in [0, 0.1) is 0 Å². The minimum Gasteiger partial charge on any atom is -0.319 e. The van der Waals surface area contributed by atoms with Crippen molar-refractivity contribution in [2.24, 2.45) is 0 Å². The lowest BCUT2D eigenvalue weighted by Crippen LogP contribution is -2.38. The Morgan fingerprint density at radius 3 is 2.71 bits per heavy atom. The zero-order valence-electron chi connectivity index (χ0n) is 13.0. The quantitative estimate of drug-likeness (QED) is 0.616. The van der Waals surface area contributed by atoms with E-state index < -0.39 is 0 Å². The molecule has 1 aliphatic heterocycles. The number of benzene rings is 1. The van der Waals surface area contributed by atoms with Crippen LogP contribution in [-0.4, -0.2) is 41.2 Å². The largest absolute Gasteiger partial charge is 0.319 e. The van der Waals surface area contributed by atoms with E-state index in [4.69, 9.17) is 0 Å². The van der Waals surface area contributed by atoms with Crippen molar-refractivity contribution in [3.05, 3.63) is 29.8 Å². The minimum atomic E-state index is 0.0232. The fourth-order valence-electron chi connectivity index (χ4n) is 2.62. The highest BCUT2D eigenvalue weighted by Gasteiger charge is 2.34. The lowest BCUT2D eigenvalue weighted by molar-refractivity contribution is -0.130. The summed E-state index contributed by atoms with van der Waals surface area (Å²) in [6.45, 7) is 4.78. The average Bonchev–Trinajstić information content (AvgIpc) is 2.89. The number of hydrogen-bond acceptors (Lipinski definition) is 4. The van der Waals surface area contributed by atoms with Crippen molar-refractivity contribution in [2.45, 2.75) is 37.4 Å². The number of carbonyl (C=O) groups is 1. The van der Waals surface area contributed by atoms with Gasteiger partial charge in [0.25, 0.3) is 0 Å². The summed E-state index contributed by atoms with van der Waals surface area (Å²) in [4.78, 5) is 15.5. The lowest BCUT2D eigenvalue weighted by Gasteiger charge is -2.30. The number of rotatable bonds is 7. The van der Waals surface area contributed by atoms with Crippen LogP contribution in [0.2, 0.25) is 0 Å². The number of nitrogens with one attached hydrogen (secondary N) is 1. The summed E-state index contributed by atoms with van der Waals surface area (Å²) in [5, 5.41) is 3.34. The molecule has 1 heterocycles. The fourth-order valence-corrected chi connectivity index (χ4v) is 3.82. The molecule has 2 unspecified atom stereocenters. The van der Waals surface area contributed by atoms with Crippen LogP contribution in [0.1, 0.15) is 32.0 Å². The summed E-state index contributed by atoms with van der Waals surface area (Å²) < 4.78 is 0. The Labute approximate surface area is 136 Å². The van der Waals surface area contributed by atoms with Gasteiger partial charge in [-0.1, -0.05) is 19.1 Å². The number of nitrogens with zero attached hydrogens (tertiary/aromatic N) is 1. The standard InChI is InChI=1S/C16H24N2OS2/c1-4-21-10-9-12(2)18-15(19)11-17-16(18)13-5-7-14(20-3)8-6-13/h5-8,12,16-17H,4,9-11H2,1-3H3. The Balaban J connectivity index is 2.07. The van der Waals surface area contributed by atoms with Crippen LogP contribution in [0.15, 0.2) is 29.2 Å². The van der Waals surface area contributed by atoms with Gasteiger partial charge in [-0.05, 0) is 48.8 Å². The molecule has 2 atom stereocenters. The predicted molar refractivity (Wildman–Crippen MR) is 92.9 cm³/mol. The van der Waals surface area contributed by atoms with Gasteiger partial charge in [-0.25, -0.2) is 0 Å². The van der Waals surface area contributed by atoms with E-state index in [1.807, 2.05) is 16.7 Å². The molecule has 1 saturated heterocycles. The maximum absolute atomic E-state index is 12.2. The predicted octanol–water partition coefficient (Wildman–Crippen LogP) is 3.37. The normalized spacial score (nSPS) is 20.0. The van der Waals surface area contributed by atoms with E-state index in [-0.39, 0.29) is 18.1 Å². The van der Waals surface area contributed by atoms with Gasteiger partial charge in [0, 0.05) is 10.9 Å². The maximum atomic E-state index is 12.2. The van der Waals surface area contributed by atoms with E-state index in [1.165, 1.54) is 10.5 Å². The topological polar surface area (TPSA) is 32.3 Å². The first-order chi connectivity index (χ1) is 10.2. The zero-order chi connectivity index (χ0) is 15.2. The molecule has 3 nitrogen and oxygen atoms in total. The Hall–Kier alpha value is -0.650. The van der Waals surface area contributed by atoms with Crippen molar-refractivity contribution in [3.63, 3.8) is 0 Å². The van der Waals surface area contributed by atoms with Gasteiger partial charge in [0.1, 0.15) is 6.17 Å². The molecule has 0 aromatic heterocycles. The van der Waals surface area contributed by atoms with Crippen LogP contribution in [-0.2, 0) is 4.79 Å². The summed E-state index contributed by atoms with van der Waals surface area (Å²) in [6, 6.07) is 8.78. The first-order valence-corrected chi connectivity index (χ1v) is 9.81. The Morgan fingerprint density at radius 1 is 1.38 bits per heavy atom. The Bertz CT molecular complexity index is 464. The van der Waals surface area contributed by atoms with E-state index >= 15 is 0 Å². The summed E-state index contributed by atoms with van der Waals surface area (Å²) in [6.07, 6.45) is 3.15. The van der Waals surface area contributed by atoms with E-state index in [9.17, 15) is 4.79 Å². The number of carbonyl (C=O) groups excluding carboxylic acids is 1. The molecule has 5 heteroatoms. The molecule has 1 amide bonds. The number of amides is 1. The third-order valence-corrected chi connectivity index (χ3v) is 5.48. The molecule has 1 aromatic rings. The Kier molecular flexibility index (Phi) is 6.45. The maximum Gasteiger partial charge on any atom is 0.238 e. The average molecular weight is 325 g/mol. The lowest BCUT2D eigenvalue weighted by atomic mass is 10.1. The molecule has 1 aliphatic rings. The first kappa shape index (κ1) is 16.7. The van der Waals surface area contributed by atoms with E-state index in [0.717, 1.165) is 17.9 Å². The Morgan fingerprint density at radius 2 is 2.10 bits per heavy atom. The zero-order valence-corrected chi connectivity index (χ0v) is 14.6. The summed E-state index contributed by atoms with van der Waals surface area (Å²) in [5.41, 5.74) is 1.17. The highest BCUT2D eigenvalue weighted by Crippen LogP contribution is 2.28. The molecule has 0 radical (unpaired) electrons. The molecule has 0 aliphatic carbocycles. The van der Waals surface area contributed by atoms with Gasteiger partial charge >= 0.3 is 0 Å². The number of thioether (sulfide) groups is 2. The van der Waals surface area contributed by atoms with E-state index in [2.05, 4.69) is 49.7 Å². The summed E-state index contributed by atoms with van der Waals surface area (Å²) in [5.74, 6) is 2.46. The third-order valence-electron chi connectivity index (χ3n) is 3.80. The third kappa shape index (κ3) is 4.18. The SMILES string of the molecule is CCSCCC(C)N1C(=O)CNC1c1ccc(SC)cc1. The van der Waals surface area contributed by atoms with Gasteiger partial charge in [0.05, 0.1) is 6.54 Å². The monoisotopic (exact) mass is 324 g/mol. The van der Waals surface area contributed by atoms with Crippen LogP contribution >= 0.6 is 23.5 Å². The van der Waals surface area contributed by atoms with Crippen molar-refractivity contribution in [1.82, 2.24) is 10.2 Å².